The SMILES string of the molecule is C[C@H](COc1ccccc1N(C)C=O)NC(=O)c1nc2n(n1)C(C1CCOCC1)CCC2. The summed E-state index contributed by atoms with van der Waals surface area (Å²) in [6.07, 6.45) is 5.77. The molecule has 3 heterocycles. The standard InChI is InChI=1S/C23H31N5O4/c1-16(14-32-20-8-4-3-6-19(20)27(2)15-29)24-23(30)22-25-21-9-5-7-18(28(21)26-22)17-10-12-31-13-11-17/h3-4,6,8,15-18H,5,7,9-14H2,1-2H3,(H,24,30)/t16-,18?/m1/s1. The summed E-state index contributed by atoms with van der Waals surface area (Å²) in [7, 11) is 1.67. The number of hydrogen-bond acceptors (Lipinski definition) is 6. The first-order valence-electron chi connectivity index (χ1n) is 11.3. The van der Waals surface area contributed by atoms with Gasteiger partial charge in [0.2, 0.25) is 12.2 Å². The topological polar surface area (TPSA) is 98.6 Å². The summed E-state index contributed by atoms with van der Waals surface area (Å²) in [5.74, 6) is 1.92. The first-order chi connectivity index (χ1) is 15.6. The van der Waals surface area contributed by atoms with Gasteiger partial charge in [0.1, 0.15) is 18.2 Å². The zero-order valence-electron chi connectivity index (χ0n) is 18.7. The maximum atomic E-state index is 12.8. The molecule has 2 aromatic rings. The molecule has 172 valence electrons. The van der Waals surface area contributed by atoms with Crippen molar-refractivity contribution in [2.45, 2.75) is 51.1 Å². The molecule has 2 aliphatic heterocycles. The van der Waals surface area contributed by atoms with Crippen molar-refractivity contribution in [3.63, 3.8) is 0 Å². The van der Waals surface area contributed by atoms with Gasteiger partial charge in [0.25, 0.3) is 5.91 Å². The molecule has 1 N–H and O–H groups in total. The number of rotatable bonds is 8. The number of aryl methyl sites for hydroxylation is 1. The zero-order chi connectivity index (χ0) is 22.5. The van der Waals surface area contributed by atoms with Gasteiger partial charge in [-0.15, -0.1) is 5.10 Å². The molecule has 2 amide bonds. The van der Waals surface area contributed by atoms with Crippen molar-refractivity contribution in [2.75, 3.05) is 31.8 Å². The van der Waals surface area contributed by atoms with Crippen LogP contribution in [0.25, 0.3) is 0 Å². The molecule has 0 radical (unpaired) electrons. The van der Waals surface area contributed by atoms with Gasteiger partial charge < -0.3 is 19.7 Å². The minimum Gasteiger partial charge on any atom is -0.489 e. The second-order valence-electron chi connectivity index (χ2n) is 8.58. The number of nitrogens with zero attached hydrogens (tertiary/aromatic N) is 4. The average Bonchev–Trinajstić information content (AvgIpc) is 3.28. The van der Waals surface area contributed by atoms with Crippen molar-refractivity contribution in [3.8, 4) is 5.75 Å². The molecule has 9 heteroatoms. The van der Waals surface area contributed by atoms with Gasteiger partial charge >= 0.3 is 0 Å². The molecule has 1 aromatic carbocycles. The summed E-state index contributed by atoms with van der Waals surface area (Å²) in [5.41, 5.74) is 0.670. The van der Waals surface area contributed by atoms with E-state index >= 15 is 0 Å². The van der Waals surface area contributed by atoms with Gasteiger partial charge in [-0.05, 0) is 50.7 Å². The first kappa shape index (κ1) is 22.3. The minimum atomic E-state index is -0.299. The third kappa shape index (κ3) is 4.93. The van der Waals surface area contributed by atoms with Crippen LogP contribution in [0, 0.1) is 5.92 Å². The second-order valence-corrected chi connectivity index (χ2v) is 8.58. The van der Waals surface area contributed by atoms with Crippen LogP contribution in [0.1, 0.15) is 55.1 Å². The van der Waals surface area contributed by atoms with E-state index in [2.05, 4.69) is 15.4 Å². The summed E-state index contributed by atoms with van der Waals surface area (Å²) >= 11 is 0. The number of anilines is 1. The molecule has 9 nitrogen and oxygen atoms in total. The Bertz CT molecular complexity index is 940. The van der Waals surface area contributed by atoms with Crippen LogP contribution in [0.15, 0.2) is 24.3 Å². The van der Waals surface area contributed by atoms with Crippen molar-refractivity contribution in [2.24, 2.45) is 5.92 Å². The molecule has 0 spiro atoms. The third-order valence-electron chi connectivity index (χ3n) is 6.20. The van der Waals surface area contributed by atoms with Gasteiger partial charge in [0.05, 0.1) is 17.8 Å². The molecule has 32 heavy (non-hydrogen) atoms. The average molecular weight is 442 g/mol. The quantitative estimate of drug-likeness (QED) is 0.632. The molecule has 0 bridgehead atoms. The molecule has 2 aliphatic rings. The Labute approximate surface area is 188 Å². The first-order valence-corrected chi connectivity index (χ1v) is 11.3. The highest BCUT2D eigenvalue weighted by Gasteiger charge is 2.32. The van der Waals surface area contributed by atoms with E-state index in [-0.39, 0.29) is 24.4 Å². The largest absolute Gasteiger partial charge is 0.489 e. The smallest absolute Gasteiger partial charge is 0.291 e. The molecule has 1 unspecified atom stereocenters. The minimum absolute atomic E-state index is 0.215. The van der Waals surface area contributed by atoms with Crippen molar-refractivity contribution >= 4 is 18.0 Å². The van der Waals surface area contributed by atoms with Crippen molar-refractivity contribution in [3.05, 3.63) is 35.9 Å². The van der Waals surface area contributed by atoms with Gasteiger partial charge in [0, 0.05) is 26.7 Å². The molecule has 1 saturated heterocycles. The fourth-order valence-electron chi connectivity index (χ4n) is 4.49. The Morgan fingerprint density at radius 1 is 1.34 bits per heavy atom. The Balaban J connectivity index is 1.37. The molecular weight excluding hydrogens is 410 g/mol. The van der Waals surface area contributed by atoms with Gasteiger partial charge in [0.15, 0.2) is 0 Å². The Morgan fingerprint density at radius 3 is 2.91 bits per heavy atom. The zero-order valence-corrected chi connectivity index (χ0v) is 18.7. The van der Waals surface area contributed by atoms with Gasteiger partial charge in [-0.25, -0.2) is 9.67 Å². The second kappa shape index (κ2) is 10.1. The van der Waals surface area contributed by atoms with Gasteiger partial charge in [-0.2, -0.15) is 0 Å². The van der Waals surface area contributed by atoms with Crippen LogP contribution in [0.5, 0.6) is 5.75 Å². The summed E-state index contributed by atoms with van der Waals surface area (Å²) in [5, 5.41) is 7.52. The van der Waals surface area contributed by atoms with Gasteiger partial charge in [-0.3, -0.25) is 9.59 Å². The van der Waals surface area contributed by atoms with E-state index in [1.54, 1.807) is 19.2 Å². The number of amides is 2. The highest BCUT2D eigenvalue weighted by molar-refractivity contribution is 5.90. The molecule has 2 atom stereocenters. The maximum Gasteiger partial charge on any atom is 0.291 e. The van der Waals surface area contributed by atoms with E-state index in [1.165, 1.54) is 4.90 Å². The monoisotopic (exact) mass is 441 g/mol. The number of fused-ring (bicyclic) bond motifs is 1. The van der Waals surface area contributed by atoms with Crippen LogP contribution >= 0.6 is 0 Å². The van der Waals surface area contributed by atoms with E-state index in [9.17, 15) is 9.59 Å². The van der Waals surface area contributed by atoms with Gasteiger partial charge in [-0.1, -0.05) is 12.1 Å². The number of aromatic nitrogens is 3. The highest BCUT2D eigenvalue weighted by atomic mass is 16.5. The molecule has 0 saturated carbocycles. The summed E-state index contributed by atoms with van der Waals surface area (Å²) in [6, 6.07) is 7.32. The maximum absolute atomic E-state index is 12.8. The normalized spacial score (nSPS) is 19.6. The van der Waals surface area contributed by atoms with E-state index in [1.807, 2.05) is 23.7 Å². The van der Waals surface area contributed by atoms with Crippen LogP contribution < -0.4 is 15.0 Å². The van der Waals surface area contributed by atoms with E-state index < -0.39 is 0 Å². The van der Waals surface area contributed by atoms with Crippen molar-refractivity contribution < 1.29 is 19.1 Å². The summed E-state index contributed by atoms with van der Waals surface area (Å²) in [4.78, 5) is 29.9. The fraction of sp³-hybridized carbons (Fsp3) is 0.565. The lowest BCUT2D eigenvalue weighted by Gasteiger charge is -2.33. The molecule has 1 fully saturated rings. The number of hydrogen-bond donors (Lipinski definition) is 1. The summed E-state index contributed by atoms with van der Waals surface area (Å²) in [6.45, 7) is 3.71. The van der Waals surface area contributed by atoms with Crippen LogP contribution in [-0.2, 0) is 16.0 Å². The van der Waals surface area contributed by atoms with Crippen molar-refractivity contribution in [1.82, 2.24) is 20.1 Å². The molecule has 0 aliphatic carbocycles. The highest BCUT2D eigenvalue weighted by Crippen LogP contribution is 2.35. The Morgan fingerprint density at radius 2 is 2.12 bits per heavy atom. The van der Waals surface area contributed by atoms with E-state index in [0.717, 1.165) is 57.6 Å². The Kier molecular flexibility index (Phi) is 7.04. The number of nitrogens with one attached hydrogen (secondary N) is 1. The lowest BCUT2D eigenvalue weighted by atomic mass is 9.87. The number of para-hydroxylation sites is 2. The van der Waals surface area contributed by atoms with Crippen LogP contribution in [-0.4, -0.2) is 60.0 Å². The van der Waals surface area contributed by atoms with Crippen LogP contribution in [0.4, 0.5) is 5.69 Å². The lowest BCUT2D eigenvalue weighted by Crippen LogP contribution is -2.37. The predicted molar refractivity (Wildman–Crippen MR) is 119 cm³/mol. The number of carbonyl (C=O) groups is 2. The van der Waals surface area contributed by atoms with E-state index in [0.29, 0.717) is 23.4 Å². The number of benzene rings is 1. The number of carbonyl (C=O) groups excluding carboxylic acids is 2. The summed E-state index contributed by atoms with van der Waals surface area (Å²) < 4.78 is 13.4. The number of ether oxygens (including phenoxy) is 2. The van der Waals surface area contributed by atoms with Crippen molar-refractivity contribution in [1.29, 1.82) is 0 Å². The Hall–Kier alpha value is -2.94. The molecular formula is C23H31N5O4. The lowest BCUT2D eigenvalue weighted by molar-refractivity contribution is -0.107. The predicted octanol–water partition coefficient (Wildman–Crippen LogP) is 2.37. The fourth-order valence-corrected chi connectivity index (χ4v) is 4.49. The van der Waals surface area contributed by atoms with Crippen LogP contribution in [0.2, 0.25) is 0 Å². The molecule has 1 aromatic heterocycles. The molecule has 4 rings (SSSR count). The van der Waals surface area contributed by atoms with E-state index in [4.69, 9.17) is 9.47 Å². The third-order valence-corrected chi connectivity index (χ3v) is 6.20. The van der Waals surface area contributed by atoms with Crippen LogP contribution in [0.3, 0.4) is 0 Å².